The molecule has 0 bridgehead atoms. The van der Waals surface area contributed by atoms with Crippen LogP contribution in [0.5, 0.6) is 0 Å². The molecule has 0 aliphatic carbocycles. The first-order valence-corrected chi connectivity index (χ1v) is 5.57. The third-order valence-corrected chi connectivity index (χ3v) is 2.90. The van der Waals surface area contributed by atoms with Gasteiger partial charge >= 0.3 is 0 Å². The van der Waals surface area contributed by atoms with Crippen LogP contribution in [0.15, 0.2) is 0 Å². The van der Waals surface area contributed by atoms with Crippen LogP contribution >= 0.6 is 0 Å². The molecule has 90 valence electrons. The molecule has 5 heteroatoms. The highest BCUT2D eigenvalue weighted by molar-refractivity contribution is 4.80. The monoisotopic (exact) mass is 218 g/mol. The standard InChI is InChI=1S/C10H22N2O3/c11-7-9-1-2-12(8-10(9)14)3-5-15-6-4-13/h9-10,13-14H,1-8,11H2/t9-,10+/m0/s1. The summed E-state index contributed by atoms with van der Waals surface area (Å²) in [5, 5.41) is 18.3. The number of aliphatic hydroxyl groups excluding tert-OH is 2. The van der Waals surface area contributed by atoms with Gasteiger partial charge in [-0.15, -0.1) is 0 Å². The minimum atomic E-state index is -0.304. The molecule has 0 radical (unpaired) electrons. The topological polar surface area (TPSA) is 79.0 Å². The van der Waals surface area contributed by atoms with Crippen LogP contribution in [0.4, 0.5) is 0 Å². The molecule has 1 heterocycles. The molecule has 0 aromatic carbocycles. The third-order valence-electron chi connectivity index (χ3n) is 2.90. The first kappa shape index (κ1) is 12.9. The fourth-order valence-electron chi connectivity index (χ4n) is 1.88. The van der Waals surface area contributed by atoms with E-state index in [9.17, 15) is 5.11 Å². The Morgan fingerprint density at radius 2 is 2.20 bits per heavy atom. The highest BCUT2D eigenvalue weighted by Crippen LogP contribution is 2.16. The van der Waals surface area contributed by atoms with Gasteiger partial charge in [-0.3, -0.25) is 4.90 Å². The van der Waals surface area contributed by atoms with Crippen LogP contribution in [0.2, 0.25) is 0 Å². The van der Waals surface area contributed by atoms with Gasteiger partial charge in [0.1, 0.15) is 0 Å². The Bertz CT molecular complexity index is 169. The number of hydrogen-bond donors (Lipinski definition) is 3. The highest BCUT2D eigenvalue weighted by Gasteiger charge is 2.25. The van der Waals surface area contributed by atoms with Crippen LogP contribution in [0.1, 0.15) is 6.42 Å². The van der Waals surface area contributed by atoms with Crippen LogP contribution in [0, 0.1) is 5.92 Å². The van der Waals surface area contributed by atoms with E-state index in [1.165, 1.54) is 0 Å². The van der Waals surface area contributed by atoms with Gasteiger partial charge in [-0.2, -0.15) is 0 Å². The van der Waals surface area contributed by atoms with Crippen molar-refractivity contribution in [2.75, 3.05) is 46.0 Å². The zero-order valence-corrected chi connectivity index (χ0v) is 9.14. The smallest absolute Gasteiger partial charge is 0.0707 e. The summed E-state index contributed by atoms with van der Waals surface area (Å²) < 4.78 is 5.18. The molecule has 1 aliphatic heterocycles. The van der Waals surface area contributed by atoms with E-state index in [-0.39, 0.29) is 18.6 Å². The number of likely N-dealkylation sites (tertiary alicyclic amines) is 1. The largest absolute Gasteiger partial charge is 0.394 e. The molecule has 1 aliphatic rings. The van der Waals surface area contributed by atoms with Gasteiger partial charge in [0, 0.05) is 13.1 Å². The van der Waals surface area contributed by atoms with Gasteiger partial charge in [-0.25, -0.2) is 0 Å². The van der Waals surface area contributed by atoms with Crippen molar-refractivity contribution in [2.45, 2.75) is 12.5 Å². The number of hydrogen-bond acceptors (Lipinski definition) is 5. The summed E-state index contributed by atoms with van der Waals surface area (Å²) in [5.41, 5.74) is 5.55. The van der Waals surface area contributed by atoms with E-state index in [4.69, 9.17) is 15.6 Å². The number of rotatable bonds is 6. The van der Waals surface area contributed by atoms with Gasteiger partial charge in [0.05, 0.1) is 25.9 Å². The van der Waals surface area contributed by atoms with E-state index in [0.717, 1.165) is 19.5 Å². The number of nitrogens with zero attached hydrogens (tertiary/aromatic N) is 1. The molecule has 1 saturated heterocycles. The lowest BCUT2D eigenvalue weighted by Gasteiger charge is -2.35. The van der Waals surface area contributed by atoms with Crippen LogP contribution in [-0.2, 0) is 4.74 Å². The van der Waals surface area contributed by atoms with Crippen molar-refractivity contribution in [3.63, 3.8) is 0 Å². The van der Waals surface area contributed by atoms with Crippen LogP contribution < -0.4 is 5.73 Å². The number of aliphatic hydroxyl groups is 2. The molecular formula is C10H22N2O3. The minimum Gasteiger partial charge on any atom is -0.394 e. The fraction of sp³-hybridized carbons (Fsp3) is 1.00. The predicted molar refractivity (Wildman–Crippen MR) is 57.5 cm³/mol. The van der Waals surface area contributed by atoms with Crippen molar-refractivity contribution < 1.29 is 14.9 Å². The molecule has 0 unspecified atom stereocenters. The van der Waals surface area contributed by atoms with Crippen molar-refractivity contribution in [1.82, 2.24) is 4.90 Å². The molecule has 4 N–H and O–H groups in total. The molecule has 0 saturated carbocycles. The summed E-state index contributed by atoms with van der Waals surface area (Å²) >= 11 is 0. The van der Waals surface area contributed by atoms with Crippen molar-refractivity contribution >= 4 is 0 Å². The van der Waals surface area contributed by atoms with Gasteiger partial charge in [0.2, 0.25) is 0 Å². The van der Waals surface area contributed by atoms with E-state index in [2.05, 4.69) is 4.90 Å². The Morgan fingerprint density at radius 3 is 2.80 bits per heavy atom. The van der Waals surface area contributed by atoms with E-state index in [1.54, 1.807) is 0 Å². The van der Waals surface area contributed by atoms with E-state index in [1.807, 2.05) is 0 Å². The molecule has 15 heavy (non-hydrogen) atoms. The number of nitrogens with two attached hydrogens (primary N) is 1. The Morgan fingerprint density at radius 1 is 1.40 bits per heavy atom. The lowest BCUT2D eigenvalue weighted by molar-refractivity contribution is 0.00784. The molecule has 0 aromatic heterocycles. The summed E-state index contributed by atoms with van der Waals surface area (Å²) in [6.45, 7) is 4.11. The maximum Gasteiger partial charge on any atom is 0.0707 e. The molecule has 2 atom stereocenters. The second-order valence-corrected chi connectivity index (χ2v) is 3.99. The average Bonchev–Trinajstić information content (AvgIpc) is 2.25. The lowest BCUT2D eigenvalue weighted by Crippen LogP contribution is -2.47. The maximum absolute atomic E-state index is 9.74. The molecule has 5 nitrogen and oxygen atoms in total. The molecule has 1 rings (SSSR count). The number of piperidine rings is 1. The summed E-state index contributed by atoms with van der Waals surface area (Å²) in [6.07, 6.45) is 0.652. The minimum absolute atomic E-state index is 0.0673. The lowest BCUT2D eigenvalue weighted by atomic mass is 9.94. The second-order valence-electron chi connectivity index (χ2n) is 3.99. The Balaban J connectivity index is 2.11. The van der Waals surface area contributed by atoms with Gasteiger partial charge in [-0.1, -0.05) is 0 Å². The Labute approximate surface area is 90.8 Å². The van der Waals surface area contributed by atoms with Crippen LogP contribution in [-0.4, -0.2) is 67.2 Å². The number of β-amino-alcohol motifs (C(OH)–C–C–N with tert-alkyl or cyclic N) is 1. The normalized spacial score (nSPS) is 28.2. The fourth-order valence-corrected chi connectivity index (χ4v) is 1.88. The quantitative estimate of drug-likeness (QED) is 0.480. The molecule has 0 spiro atoms. The van der Waals surface area contributed by atoms with Crippen molar-refractivity contribution in [3.8, 4) is 0 Å². The van der Waals surface area contributed by atoms with E-state index >= 15 is 0 Å². The van der Waals surface area contributed by atoms with Gasteiger partial charge < -0.3 is 20.7 Å². The summed E-state index contributed by atoms with van der Waals surface area (Å²) in [6, 6.07) is 0. The summed E-state index contributed by atoms with van der Waals surface area (Å²) in [7, 11) is 0. The van der Waals surface area contributed by atoms with E-state index in [0.29, 0.717) is 26.3 Å². The van der Waals surface area contributed by atoms with Gasteiger partial charge in [-0.05, 0) is 25.4 Å². The molecule has 0 amide bonds. The van der Waals surface area contributed by atoms with Gasteiger partial charge in [0.15, 0.2) is 0 Å². The first-order chi connectivity index (χ1) is 7.27. The van der Waals surface area contributed by atoms with Crippen LogP contribution in [0.25, 0.3) is 0 Å². The summed E-state index contributed by atoms with van der Waals surface area (Å²) in [5.74, 6) is 0.250. The molecule has 1 fully saturated rings. The van der Waals surface area contributed by atoms with E-state index < -0.39 is 0 Å². The maximum atomic E-state index is 9.74. The van der Waals surface area contributed by atoms with Crippen LogP contribution in [0.3, 0.4) is 0 Å². The second kappa shape index (κ2) is 7.14. The molecule has 0 aromatic rings. The van der Waals surface area contributed by atoms with Gasteiger partial charge in [0.25, 0.3) is 0 Å². The zero-order chi connectivity index (χ0) is 11.1. The summed E-state index contributed by atoms with van der Waals surface area (Å²) in [4.78, 5) is 2.17. The average molecular weight is 218 g/mol. The zero-order valence-electron chi connectivity index (χ0n) is 9.14. The Hall–Kier alpha value is -0.200. The predicted octanol–water partition coefficient (Wildman–Crippen LogP) is -1.36. The van der Waals surface area contributed by atoms with Crippen molar-refractivity contribution in [3.05, 3.63) is 0 Å². The molecular weight excluding hydrogens is 196 g/mol. The van der Waals surface area contributed by atoms with Crippen molar-refractivity contribution in [2.24, 2.45) is 11.7 Å². The van der Waals surface area contributed by atoms with Crippen molar-refractivity contribution in [1.29, 1.82) is 0 Å². The SMILES string of the molecule is NC[C@@H]1CCN(CCOCCO)C[C@H]1O. The third kappa shape index (κ3) is 4.44. The number of ether oxygens (including phenoxy) is 1. The highest BCUT2D eigenvalue weighted by atomic mass is 16.5. The first-order valence-electron chi connectivity index (χ1n) is 5.57. The Kier molecular flexibility index (Phi) is 6.12.